The predicted molar refractivity (Wildman–Crippen MR) is 63.1 cm³/mol. The van der Waals surface area contributed by atoms with Crippen LogP contribution in [0.4, 0.5) is 0 Å². The Kier molecular flexibility index (Phi) is 2.76. The Labute approximate surface area is 99.6 Å². The number of carbonyl (C=O) groups excluding carboxylic acids is 1. The number of aryl methyl sites for hydroxylation is 1. The first-order valence-electron chi connectivity index (χ1n) is 4.79. The van der Waals surface area contributed by atoms with Gasteiger partial charge in [0.05, 0.1) is 11.3 Å². The average Bonchev–Trinajstić information content (AvgIpc) is 2.64. The topological polar surface area (TPSA) is 84.8 Å². The number of hydrogen-bond donors (Lipinski definition) is 1. The maximum atomic E-state index is 11.9. The second-order valence-corrected chi connectivity index (χ2v) is 4.31. The van der Waals surface area contributed by atoms with Gasteiger partial charge in [0, 0.05) is 11.6 Å². The average molecular weight is 251 g/mol. The molecule has 2 rings (SSSR count). The summed E-state index contributed by atoms with van der Waals surface area (Å²) in [5, 5.41) is 1.98. The van der Waals surface area contributed by atoms with Crippen molar-refractivity contribution in [2.75, 3.05) is 0 Å². The lowest BCUT2D eigenvalue weighted by Crippen LogP contribution is -2.36. The molecule has 0 amide bonds. The number of aromatic amines is 1. The van der Waals surface area contributed by atoms with Crippen LogP contribution in [-0.2, 0) is 0 Å². The van der Waals surface area contributed by atoms with E-state index in [1.165, 1.54) is 18.3 Å². The zero-order valence-electron chi connectivity index (χ0n) is 9.18. The molecule has 0 aliphatic heterocycles. The number of nitrogens with zero attached hydrogens (tertiary/aromatic N) is 2. The first-order valence-corrected chi connectivity index (χ1v) is 5.67. The smallest absolute Gasteiger partial charge is 0.313 e. The van der Waals surface area contributed by atoms with Crippen molar-refractivity contribution in [1.29, 1.82) is 0 Å². The van der Waals surface area contributed by atoms with Crippen LogP contribution in [0.1, 0.15) is 23.0 Å². The van der Waals surface area contributed by atoms with Crippen molar-refractivity contribution in [3.63, 3.8) is 0 Å². The van der Waals surface area contributed by atoms with E-state index in [1.54, 1.807) is 12.3 Å². The molecule has 2 aromatic rings. The molecule has 0 unspecified atom stereocenters. The second-order valence-electron chi connectivity index (χ2n) is 3.48. The summed E-state index contributed by atoms with van der Waals surface area (Å²) in [5.41, 5.74) is -0.591. The lowest BCUT2D eigenvalue weighted by molar-refractivity contribution is 0.101. The summed E-state index contributed by atoms with van der Waals surface area (Å²) < 4.78 is 0.869. The summed E-state index contributed by atoms with van der Waals surface area (Å²) in [6, 6.07) is 0. The van der Waals surface area contributed by atoms with Crippen molar-refractivity contribution >= 4 is 17.1 Å². The number of Topliss-reactive ketones (excluding diaryl/α,β-unsaturated/α-hetero) is 1. The minimum absolute atomic E-state index is 0.0579. The molecule has 7 heteroatoms. The molecule has 0 fully saturated rings. The first kappa shape index (κ1) is 11.5. The molecule has 0 bridgehead atoms. The van der Waals surface area contributed by atoms with Gasteiger partial charge in [0.15, 0.2) is 5.78 Å². The van der Waals surface area contributed by atoms with Crippen LogP contribution in [0.15, 0.2) is 21.2 Å². The molecule has 2 aromatic heterocycles. The van der Waals surface area contributed by atoms with Crippen LogP contribution in [0.25, 0.3) is 5.13 Å². The second kappa shape index (κ2) is 4.10. The molecule has 0 aromatic carbocycles. The molecule has 6 nitrogen and oxygen atoms in total. The number of nitrogens with one attached hydrogen (secondary N) is 1. The minimum Gasteiger partial charge on any atom is -0.313 e. The molecule has 0 radical (unpaired) electrons. The summed E-state index contributed by atoms with van der Waals surface area (Å²) >= 11 is 1.17. The normalized spacial score (nSPS) is 10.5. The van der Waals surface area contributed by atoms with Gasteiger partial charge in [-0.1, -0.05) is 0 Å². The van der Waals surface area contributed by atoms with Gasteiger partial charge in [-0.05, 0) is 13.8 Å². The van der Waals surface area contributed by atoms with E-state index >= 15 is 0 Å². The van der Waals surface area contributed by atoms with Crippen LogP contribution in [-0.4, -0.2) is 20.3 Å². The predicted octanol–water partition coefficient (Wildman–Crippen LogP) is 0.493. The SMILES string of the molecule is CC(=O)c1c[nH]c(=O)n(-c2nc(C)cs2)c1=O. The van der Waals surface area contributed by atoms with E-state index in [0.29, 0.717) is 5.69 Å². The third-order valence-corrected chi connectivity index (χ3v) is 3.10. The van der Waals surface area contributed by atoms with E-state index in [-0.39, 0.29) is 10.7 Å². The van der Waals surface area contributed by atoms with Gasteiger partial charge < -0.3 is 4.98 Å². The van der Waals surface area contributed by atoms with Crippen molar-refractivity contribution < 1.29 is 4.79 Å². The monoisotopic (exact) mass is 251 g/mol. The standard InChI is InChI=1S/C10H9N3O3S/c1-5-4-17-10(12-5)13-8(15)7(6(2)14)3-11-9(13)16/h3-4H,1-2H3,(H,11,16). The minimum atomic E-state index is -0.643. The quantitative estimate of drug-likeness (QED) is 0.787. The van der Waals surface area contributed by atoms with Crippen LogP contribution in [0.2, 0.25) is 0 Å². The van der Waals surface area contributed by atoms with Gasteiger partial charge in [-0.3, -0.25) is 9.59 Å². The van der Waals surface area contributed by atoms with Gasteiger partial charge in [0.25, 0.3) is 5.56 Å². The van der Waals surface area contributed by atoms with E-state index in [1.807, 2.05) is 0 Å². The Morgan fingerprint density at radius 2 is 2.18 bits per heavy atom. The third kappa shape index (κ3) is 1.96. The number of H-pyrrole nitrogens is 1. The van der Waals surface area contributed by atoms with E-state index in [2.05, 4.69) is 9.97 Å². The Bertz CT molecular complexity index is 695. The number of carbonyl (C=O) groups is 1. The third-order valence-electron chi connectivity index (χ3n) is 2.15. The Morgan fingerprint density at radius 1 is 1.47 bits per heavy atom. The Morgan fingerprint density at radius 3 is 2.71 bits per heavy atom. The molecule has 88 valence electrons. The molecular weight excluding hydrogens is 242 g/mol. The lowest BCUT2D eigenvalue weighted by Gasteiger charge is -2.01. The van der Waals surface area contributed by atoms with Crippen LogP contribution >= 0.6 is 11.3 Å². The molecule has 0 saturated heterocycles. The molecule has 1 N–H and O–H groups in total. The van der Waals surface area contributed by atoms with Gasteiger partial charge in [-0.2, -0.15) is 0 Å². The first-order chi connectivity index (χ1) is 8.00. The zero-order valence-corrected chi connectivity index (χ0v) is 10.00. The Hall–Kier alpha value is -2.02. The van der Waals surface area contributed by atoms with E-state index in [0.717, 1.165) is 10.8 Å². The molecular formula is C10H9N3O3S. The largest absolute Gasteiger partial charge is 0.334 e. The highest BCUT2D eigenvalue weighted by atomic mass is 32.1. The van der Waals surface area contributed by atoms with Crippen LogP contribution in [0.5, 0.6) is 0 Å². The van der Waals surface area contributed by atoms with Crippen LogP contribution in [0, 0.1) is 6.92 Å². The molecule has 2 heterocycles. The summed E-state index contributed by atoms with van der Waals surface area (Å²) in [5.74, 6) is -0.395. The van der Waals surface area contributed by atoms with Crippen molar-refractivity contribution in [2.45, 2.75) is 13.8 Å². The van der Waals surface area contributed by atoms with Crippen molar-refractivity contribution in [1.82, 2.24) is 14.5 Å². The maximum absolute atomic E-state index is 11.9. The fourth-order valence-electron chi connectivity index (χ4n) is 1.34. The fraction of sp³-hybridized carbons (Fsp3) is 0.200. The number of thiazole rings is 1. The summed E-state index contributed by atoms with van der Waals surface area (Å²) in [7, 11) is 0. The summed E-state index contributed by atoms with van der Waals surface area (Å²) in [6.45, 7) is 3.03. The van der Waals surface area contributed by atoms with Gasteiger partial charge >= 0.3 is 5.69 Å². The summed E-state index contributed by atoms with van der Waals surface area (Å²) in [4.78, 5) is 41.1. The molecule has 17 heavy (non-hydrogen) atoms. The highest BCUT2D eigenvalue weighted by Crippen LogP contribution is 2.10. The highest BCUT2D eigenvalue weighted by Gasteiger charge is 2.14. The number of rotatable bonds is 2. The zero-order chi connectivity index (χ0) is 12.6. The van der Waals surface area contributed by atoms with E-state index in [9.17, 15) is 14.4 Å². The number of hydrogen-bond acceptors (Lipinski definition) is 5. The highest BCUT2D eigenvalue weighted by molar-refractivity contribution is 7.12. The van der Waals surface area contributed by atoms with Gasteiger partial charge in [-0.15, -0.1) is 11.3 Å². The Balaban J connectivity index is 2.78. The number of ketones is 1. The van der Waals surface area contributed by atoms with Gasteiger partial charge in [0.1, 0.15) is 0 Å². The molecule has 0 saturated carbocycles. The molecule has 0 aliphatic rings. The van der Waals surface area contributed by atoms with Gasteiger partial charge in [0.2, 0.25) is 5.13 Å². The van der Waals surface area contributed by atoms with Crippen molar-refractivity contribution in [2.24, 2.45) is 0 Å². The van der Waals surface area contributed by atoms with Crippen LogP contribution in [0.3, 0.4) is 0 Å². The van der Waals surface area contributed by atoms with Crippen molar-refractivity contribution in [3.8, 4) is 5.13 Å². The van der Waals surface area contributed by atoms with Crippen molar-refractivity contribution in [3.05, 3.63) is 43.7 Å². The van der Waals surface area contributed by atoms with E-state index in [4.69, 9.17) is 0 Å². The maximum Gasteiger partial charge on any atom is 0.334 e. The summed E-state index contributed by atoms with van der Waals surface area (Å²) in [6.07, 6.45) is 1.13. The lowest BCUT2D eigenvalue weighted by atomic mass is 10.2. The number of aromatic nitrogens is 3. The fourth-order valence-corrected chi connectivity index (χ4v) is 2.14. The van der Waals surface area contributed by atoms with E-state index < -0.39 is 17.0 Å². The van der Waals surface area contributed by atoms with Crippen LogP contribution < -0.4 is 11.2 Å². The molecule has 0 aliphatic carbocycles. The molecule has 0 atom stereocenters. The van der Waals surface area contributed by atoms with Gasteiger partial charge in [-0.25, -0.2) is 14.3 Å². The molecule has 0 spiro atoms.